The van der Waals surface area contributed by atoms with Crippen LogP contribution in [0.2, 0.25) is 0 Å². The normalized spacial score (nSPS) is 13.9. The van der Waals surface area contributed by atoms with Gasteiger partial charge in [-0.25, -0.2) is 15.0 Å². The van der Waals surface area contributed by atoms with Crippen LogP contribution < -0.4 is 10.1 Å². The van der Waals surface area contributed by atoms with E-state index in [9.17, 15) is 5.26 Å². The quantitative estimate of drug-likeness (QED) is 0.421. The number of H-pyrrole nitrogens is 1. The maximum atomic E-state index is 9.67. The van der Waals surface area contributed by atoms with Crippen LogP contribution in [0.5, 0.6) is 5.75 Å². The number of nitrogens with zero attached hydrogens (tertiary/aromatic N) is 4. The number of benzene rings is 2. The van der Waals surface area contributed by atoms with Gasteiger partial charge in [-0.1, -0.05) is 12.1 Å². The monoisotopic (exact) mass is 452 g/mol. The van der Waals surface area contributed by atoms with E-state index in [2.05, 4.69) is 31.3 Å². The molecule has 34 heavy (non-hydrogen) atoms. The summed E-state index contributed by atoms with van der Waals surface area (Å²) in [5.41, 5.74) is 4.08. The van der Waals surface area contributed by atoms with Crippen molar-refractivity contribution in [3.8, 4) is 23.1 Å². The summed E-state index contributed by atoms with van der Waals surface area (Å²) in [6.07, 6.45) is 7.76. The first-order chi connectivity index (χ1) is 16.8. The maximum absolute atomic E-state index is 9.67. The number of rotatable bonds is 7. The van der Waals surface area contributed by atoms with Gasteiger partial charge in [-0.2, -0.15) is 5.26 Å². The third-order valence-corrected chi connectivity index (χ3v) is 5.65. The fourth-order valence-corrected chi connectivity index (χ4v) is 3.86. The molecule has 4 aromatic rings. The molecule has 8 heteroatoms. The highest BCUT2D eigenvalue weighted by atomic mass is 16.5. The highest BCUT2D eigenvalue weighted by molar-refractivity contribution is 5.66. The molecule has 170 valence electrons. The first-order valence-electron chi connectivity index (χ1n) is 11.2. The van der Waals surface area contributed by atoms with Crippen LogP contribution >= 0.6 is 0 Å². The van der Waals surface area contributed by atoms with Gasteiger partial charge in [0.05, 0.1) is 24.5 Å². The summed E-state index contributed by atoms with van der Waals surface area (Å²) in [7, 11) is 0. The van der Waals surface area contributed by atoms with Crippen molar-refractivity contribution in [2.75, 3.05) is 18.5 Å². The Morgan fingerprint density at radius 2 is 1.91 bits per heavy atom. The van der Waals surface area contributed by atoms with Crippen LogP contribution in [0.4, 0.5) is 11.6 Å². The number of nitriles is 1. The van der Waals surface area contributed by atoms with E-state index in [1.54, 1.807) is 12.4 Å². The number of aromatic nitrogens is 4. The maximum Gasteiger partial charge on any atom is 0.227 e. The van der Waals surface area contributed by atoms with E-state index in [1.807, 2.05) is 54.7 Å². The van der Waals surface area contributed by atoms with Crippen LogP contribution in [-0.4, -0.2) is 39.3 Å². The van der Waals surface area contributed by atoms with Gasteiger partial charge in [-0.05, 0) is 42.0 Å². The van der Waals surface area contributed by atoms with Gasteiger partial charge in [0.1, 0.15) is 23.7 Å². The van der Waals surface area contributed by atoms with Crippen molar-refractivity contribution in [2.24, 2.45) is 0 Å². The Labute approximate surface area is 197 Å². The van der Waals surface area contributed by atoms with Gasteiger partial charge in [0, 0.05) is 49.1 Å². The van der Waals surface area contributed by atoms with E-state index in [-0.39, 0.29) is 6.10 Å². The lowest BCUT2D eigenvalue weighted by Crippen LogP contribution is -2.26. The molecule has 1 saturated heterocycles. The second kappa shape index (κ2) is 10.1. The third kappa shape index (κ3) is 5.22. The zero-order valence-corrected chi connectivity index (χ0v) is 18.6. The van der Waals surface area contributed by atoms with Gasteiger partial charge in [0.2, 0.25) is 5.95 Å². The molecule has 0 atom stereocenters. The van der Waals surface area contributed by atoms with E-state index in [4.69, 9.17) is 9.47 Å². The second-order valence-electron chi connectivity index (χ2n) is 8.05. The van der Waals surface area contributed by atoms with E-state index in [0.29, 0.717) is 30.5 Å². The van der Waals surface area contributed by atoms with Gasteiger partial charge in [-0.3, -0.25) is 0 Å². The Balaban J connectivity index is 1.29. The molecule has 0 saturated carbocycles. The van der Waals surface area contributed by atoms with Gasteiger partial charge in [-0.15, -0.1) is 0 Å². The molecule has 2 N–H and O–H groups in total. The SMILES string of the molecule is N#Cc1cc(-c2ccnc(Nc3ccc(Cc4ncc[nH]4)cc3)n2)ccc1OC1CCOCC1. The third-order valence-electron chi connectivity index (χ3n) is 5.65. The Morgan fingerprint density at radius 3 is 2.68 bits per heavy atom. The molecule has 1 aliphatic rings. The van der Waals surface area contributed by atoms with Crippen molar-refractivity contribution in [3.05, 3.63) is 84.1 Å². The van der Waals surface area contributed by atoms with E-state index >= 15 is 0 Å². The number of anilines is 2. The molecule has 2 aromatic heterocycles. The van der Waals surface area contributed by atoms with E-state index < -0.39 is 0 Å². The van der Waals surface area contributed by atoms with Crippen LogP contribution in [0, 0.1) is 11.3 Å². The Hall–Kier alpha value is -4.22. The standard InChI is InChI=1S/C26H24N6O2/c27-17-20-16-19(3-6-24(20)34-22-8-13-33-14-9-22)23-7-10-30-26(32-23)31-21-4-1-18(2-5-21)15-25-28-11-12-29-25/h1-7,10-12,16,22H,8-9,13-15H2,(H,28,29)(H,30,31,32). The predicted octanol–water partition coefficient (Wildman–Crippen LogP) is 4.63. The lowest BCUT2D eigenvalue weighted by Gasteiger charge is -2.23. The number of nitrogens with one attached hydrogen (secondary N) is 2. The molecule has 0 spiro atoms. The van der Waals surface area contributed by atoms with Crippen LogP contribution in [0.3, 0.4) is 0 Å². The highest BCUT2D eigenvalue weighted by Gasteiger charge is 2.17. The summed E-state index contributed by atoms with van der Waals surface area (Å²) in [6.45, 7) is 1.38. The Bertz CT molecular complexity index is 1280. The van der Waals surface area contributed by atoms with Crippen molar-refractivity contribution in [3.63, 3.8) is 0 Å². The largest absolute Gasteiger partial charge is 0.489 e. The molecule has 2 aromatic carbocycles. The minimum atomic E-state index is 0.0759. The molecule has 1 aliphatic heterocycles. The molecule has 0 bridgehead atoms. The fourth-order valence-electron chi connectivity index (χ4n) is 3.86. The molecule has 0 radical (unpaired) electrons. The van der Waals surface area contributed by atoms with Crippen LogP contribution in [0.25, 0.3) is 11.3 Å². The van der Waals surface area contributed by atoms with E-state index in [1.165, 1.54) is 0 Å². The fraction of sp³-hybridized carbons (Fsp3) is 0.231. The molecule has 8 nitrogen and oxygen atoms in total. The first kappa shape index (κ1) is 21.6. The van der Waals surface area contributed by atoms with Crippen molar-refractivity contribution in [1.29, 1.82) is 5.26 Å². The summed E-state index contributed by atoms with van der Waals surface area (Å²) in [5, 5.41) is 12.9. The molecule has 0 aliphatic carbocycles. The number of imidazole rings is 1. The van der Waals surface area contributed by atoms with Crippen LogP contribution in [0.1, 0.15) is 29.8 Å². The summed E-state index contributed by atoms with van der Waals surface area (Å²) < 4.78 is 11.4. The van der Waals surface area contributed by atoms with Crippen molar-refractivity contribution >= 4 is 11.6 Å². The predicted molar refractivity (Wildman–Crippen MR) is 128 cm³/mol. The summed E-state index contributed by atoms with van der Waals surface area (Å²) in [5.74, 6) is 2.01. The lowest BCUT2D eigenvalue weighted by molar-refractivity contribution is 0.0254. The average Bonchev–Trinajstić information content (AvgIpc) is 3.39. The smallest absolute Gasteiger partial charge is 0.227 e. The topological polar surface area (TPSA) is 109 Å². The van der Waals surface area contributed by atoms with Gasteiger partial charge < -0.3 is 19.8 Å². The van der Waals surface area contributed by atoms with Crippen molar-refractivity contribution < 1.29 is 9.47 Å². The number of aromatic amines is 1. The van der Waals surface area contributed by atoms with E-state index in [0.717, 1.165) is 47.6 Å². The highest BCUT2D eigenvalue weighted by Crippen LogP contribution is 2.28. The minimum absolute atomic E-state index is 0.0759. The molecular weight excluding hydrogens is 428 g/mol. The van der Waals surface area contributed by atoms with Crippen LogP contribution in [0.15, 0.2) is 67.1 Å². The Kier molecular flexibility index (Phi) is 6.45. The van der Waals surface area contributed by atoms with Crippen molar-refractivity contribution in [2.45, 2.75) is 25.4 Å². The molecule has 3 heterocycles. The number of hydrogen-bond acceptors (Lipinski definition) is 7. The summed E-state index contributed by atoms with van der Waals surface area (Å²) >= 11 is 0. The lowest BCUT2D eigenvalue weighted by atomic mass is 10.1. The average molecular weight is 453 g/mol. The summed E-state index contributed by atoms with van der Waals surface area (Å²) in [6, 6.07) is 17.7. The number of hydrogen-bond donors (Lipinski definition) is 2. The number of ether oxygens (including phenoxy) is 2. The zero-order chi connectivity index (χ0) is 23.2. The minimum Gasteiger partial charge on any atom is -0.489 e. The van der Waals surface area contributed by atoms with Gasteiger partial charge in [0.15, 0.2) is 0 Å². The molecule has 0 unspecified atom stereocenters. The van der Waals surface area contributed by atoms with Crippen LogP contribution in [-0.2, 0) is 11.2 Å². The second-order valence-corrected chi connectivity index (χ2v) is 8.05. The van der Waals surface area contributed by atoms with Gasteiger partial charge >= 0.3 is 0 Å². The molecule has 1 fully saturated rings. The van der Waals surface area contributed by atoms with Gasteiger partial charge in [0.25, 0.3) is 0 Å². The molecule has 0 amide bonds. The molecular formula is C26H24N6O2. The Morgan fingerprint density at radius 1 is 1.06 bits per heavy atom. The first-order valence-corrected chi connectivity index (χ1v) is 11.2. The molecule has 5 rings (SSSR count). The summed E-state index contributed by atoms with van der Waals surface area (Å²) in [4.78, 5) is 16.4. The zero-order valence-electron chi connectivity index (χ0n) is 18.6. The van der Waals surface area contributed by atoms with Crippen molar-refractivity contribution in [1.82, 2.24) is 19.9 Å².